The fourth-order valence-corrected chi connectivity index (χ4v) is 3.16. The smallest absolute Gasteiger partial charge is 0.269 e. The zero-order valence-electron chi connectivity index (χ0n) is 15.6. The van der Waals surface area contributed by atoms with Gasteiger partial charge in [-0.3, -0.25) is 15.0 Å². The minimum Gasteiger partial charge on any atom is -0.354 e. The van der Waals surface area contributed by atoms with Gasteiger partial charge in [0, 0.05) is 62.5 Å². The highest BCUT2D eigenvalue weighted by molar-refractivity contribution is 5.41. The molecule has 0 bridgehead atoms. The molecule has 0 N–H and O–H groups in total. The van der Waals surface area contributed by atoms with E-state index in [0.717, 1.165) is 55.6 Å². The van der Waals surface area contributed by atoms with E-state index in [4.69, 9.17) is 4.98 Å². The number of non-ortho nitro benzene ring substituents is 1. The van der Waals surface area contributed by atoms with Crippen LogP contribution in [-0.4, -0.2) is 46.0 Å². The van der Waals surface area contributed by atoms with E-state index in [1.54, 1.807) is 12.1 Å². The van der Waals surface area contributed by atoms with Crippen molar-refractivity contribution < 1.29 is 4.92 Å². The molecule has 0 radical (unpaired) electrons. The second-order valence-corrected chi connectivity index (χ2v) is 7.07. The van der Waals surface area contributed by atoms with Gasteiger partial charge in [-0.05, 0) is 12.5 Å². The monoisotopic (exact) mass is 355 g/mol. The van der Waals surface area contributed by atoms with Gasteiger partial charge >= 0.3 is 0 Å². The fourth-order valence-electron chi connectivity index (χ4n) is 3.16. The second-order valence-electron chi connectivity index (χ2n) is 7.07. The van der Waals surface area contributed by atoms with Crippen molar-refractivity contribution in [2.24, 2.45) is 0 Å². The van der Waals surface area contributed by atoms with Crippen molar-refractivity contribution in [1.29, 1.82) is 0 Å². The van der Waals surface area contributed by atoms with Gasteiger partial charge in [0.1, 0.15) is 11.6 Å². The highest BCUT2D eigenvalue weighted by Gasteiger charge is 2.20. The van der Waals surface area contributed by atoms with E-state index < -0.39 is 0 Å². The largest absolute Gasteiger partial charge is 0.354 e. The van der Waals surface area contributed by atoms with Crippen molar-refractivity contribution in [1.82, 2.24) is 14.9 Å². The van der Waals surface area contributed by atoms with Crippen molar-refractivity contribution in [3.05, 3.63) is 57.5 Å². The number of rotatable bonds is 5. The molecule has 2 heterocycles. The van der Waals surface area contributed by atoms with Crippen LogP contribution in [0.25, 0.3) is 0 Å². The van der Waals surface area contributed by atoms with E-state index >= 15 is 0 Å². The number of hydrogen-bond acceptors (Lipinski definition) is 6. The Hall–Kier alpha value is -2.54. The zero-order chi connectivity index (χ0) is 18.7. The molecule has 1 aromatic heterocycles. The number of hydrogen-bond donors (Lipinski definition) is 0. The van der Waals surface area contributed by atoms with Gasteiger partial charge in [-0.2, -0.15) is 0 Å². The fraction of sp³-hybridized carbons (Fsp3) is 0.474. The maximum absolute atomic E-state index is 10.9. The van der Waals surface area contributed by atoms with E-state index in [0.29, 0.717) is 5.92 Å². The first kappa shape index (κ1) is 18.3. The lowest BCUT2D eigenvalue weighted by atomic mass is 10.1. The standard InChI is InChI=1S/C19H25N5O2/c1-14(2)19-20-15(3)11-18(21-19)23-9-7-22(8-10-23)13-16-5-4-6-17(12-16)24(25)26/h4-6,11-12,14H,7-10,13H2,1-3H3. The van der Waals surface area contributed by atoms with E-state index in [1.165, 1.54) is 6.07 Å². The number of aromatic nitrogens is 2. The Kier molecular flexibility index (Phi) is 5.46. The molecule has 1 saturated heterocycles. The molecule has 1 aromatic carbocycles. The van der Waals surface area contributed by atoms with Gasteiger partial charge in [-0.15, -0.1) is 0 Å². The first-order chi connectivity index (χ1) is 12.4. The molecule has 0 spiro atoms. The summed E-state index contributed by atoms with van der Waals surface area (Å²) in [7, 11) is 0. The molecule has 7 nitrogen and oxygen atoms in total. The van der Waals surface area contributed by atoms with Crippen LogP contribution in [-0.2, 0) is 6.54 Å². The molecular weight excluding hydrogens is 330 g/mol. The van der Waals surface area contributed by atoms with Crippen LogP contribution >= 0.6 is 0 Å². The van der Waals surface area contributed by atoms with Crippen LogP contribution in [0.3, 0.4) is 0 Å². The predicted octanol–water partition coefficient (Wildman–Crippen LogP) is 3.14. The SMILES string of the molecule is Cc1cc(N2CCN(Cc3cccc([N+](=O)[O-])c3)CC2)nc(C(C)C)n1. The molecule has 2 aromatic rings. The molecule has 0 atom stereocenters. The molecular formula is C19H25N5O2. The molecule has 1 fully saturated rings. The molecule has 0 unspecified atom stereocenters. The molecule has 3 rings (SSSR count). The molecule has 7 heteroatoms. The summed E-state index contributed by atoms with van der Waals surface area (Å²) < 4.78 is 0. The Labute approximate surface area is 153 Å². The van der Waals surface area contributed by atoms with E-state index in [2.05, 4.69) is 28.6 Å². The number of nitro benzene ring substituents is 1. The van der Waals surface area contributed by atoms with Crippen LogP contribution in [0.2, 0.25) is 0 Å². The van der Waals surface area contributed by atoms with Crippen LogP contribution < -0.4 is 4.90 Å². The van der Waals surface area contributed by atoms with Gasteiger partial charge in [0.25, 0.3) is 5.69 Å². The van der Waals surface area contributed by atoms with E-state index in [1.807, 2.05) is 19.1 Å². The van der Waals surface area contributed by atoms with Crippen molar-refractivity contribution >= 4 is 11.5 Å². The molecule has 1 aliphatic rings. The average Bonchev–Trinajstić information content (AvgIpc) is 2.62. The van der Waals surface area contributed by atoms with Crippen LogP contribution in [0.1, 0.15) is 36.8 Å². The van der Waals surface area contributed by atoms with E-state index in [-0.39, 0.29) is 10.6 Å². The molecule has 138 valence electrons. The van der Waals surface area contributed by atoms with Crippen LogP contribution in [0.4, 0.5) is 11.5 Å². The summed E-state index contributed by atoms with van der Waals surface area (Å²) in [4.78, 5) is 24.4. The van der Waals surface area contributed by atoms with Crippen molar-refractivity contribution in [2.75, 3.05) is 31.1 Å². The third-order valence-electron chi connectivity index (χ3n) is 4.60. The van der Waals surface area contributed by atoms with Gasteiger partial charge < -0.3 is 4.90 Å². The molecule has 1 aliphatic heterocycles. The highest BCUT2D eigenvalue weighted by atomic mass is 16.6. The van der Waals surface area contributed by atoms with Gasteiger partial charge in [0.2, 0.25) is 0 Å². The predicted molar refractivity (Wildman–Crippen MR) is 101 cm³/mol. The number of aryl methyl sites for hydroxylation is 1. The zero-order valence-corrected chi connectivity index (χ0v) is 15.6. The molecule has 26 heavy (non-hydrogen) atoms. The lowest BCUT2D eigenvalue weighted by molar-refractivity contribution is -0.384. The third-order valence-corrected chi connectivity index (χ3v) is 4.60. The Morgan fingerprint density at radius 1 is 1.15 bits per heavy atom. The first-order valence-corrected chi connectivity index (χ1v) is 8.98. The summed E-state index contributed by atoms with van der Waals surface area (Å²) in [6.45, 7) is 10.5. The lowest BCUT2D eigenvalue weighted by Gasteiger charge is -2.35. The number of anilines is 1. The number of piperazine rings is 1. The normalized spacial score (nSPS) is 15.5. The minimum absolute atomic E-state index is 0.152. The Morgan fingerprint density at radius 2 is 1.88 bits per heavy atom. The maximum Gasteiger partial charge on any atom is 0.269 e. The number of nitro groups is 1. The molecule has 0 aliphatic carbocycles. The highest BCUT2D eigenvalue weighted by Crippen LogP contribution is 2.20. The average molecular weight is 355 g/mol. The minimum atomic E-state index is -0.342. The van der Waals surface area contributed by atoms with E-state index in [9.17, 15) is 10.1 Å². The van der Waals surface area contributed by atoms with Crippen LogP contribution in [0.5, 0.6) is 0 Å². The number of benzene rings is 1. The molecule has 0 amide bonds. The number of nitrogens with zero attached hydrogens (tertiary/aromatic N) is 5. The Morgan fingerprint density at radius 3 is 2.54 bits per heavy atom. The summed E-state index contributed by atoms with van der Waals surface area (Å²) in [5.74, 6) is 2.19. The first-order valence-electron chi connectivity index (χ1n) is 8.98. The summed E-state index contributed by atoms with van der Waals surface area (Å²) in [6.07, 6.45) is 0. The van der Waals surface area contributed by atoms with Gasteiger partial charge in [0.05, 0.1) is 4.92 Å². The van der Waals surface area contributed by atoms with Crippen LogP contribution in [0, 0.1) is 17.0 Å². The van der Waals surface area contributed by atoms with Crippen LogP contribution in [0.15, 0.2) is 30.3 Å². The van der Waals surface area contributed by atoms with Gasteiger partial charge in [-0.25, -0.2) is 9.97 Å². The van der Waals surface area contributed by atoms with Gasteiger partial charge in [-0.1, -0.05) is 26.0 Å². The van der Waals surface area contributed by atoms with Gasteiger partial charge in [0.15, 0.2) is 0 Å². The topological polar surface area (TPSA) is 75.4 Å². The quantitative estimate of drug-likeness (QED) is 0.606. The summed E-state index contributed by atoms with van der Waals surface area (Å²) >= 11 is 0. The Balaban J connectivity index is 1.63. The van der Waals surface area contributed by atoms with Crippen molar-refractivity contribution in [3.63, 3.8) is 0 Å². The summed E-state index contributed by atoms with van der Waals surface area (Å²) in [6, 6.07) is 8.94. The molecule has 0 saturated carbocycles. The third kappa shape index (κ3) is 4.35. The maximum atomic E-state index is 10.9. The summed E-state index contributed by atoms with van der Waals surface area (Å²) in [5, 5.41) is 10.9. The Bertz CT molecular complexity index is 785. The van der Waals surface area contributed by atoms with Crippen molar-refractivity contribution in [3.8, 4) is 0 Å². The second kappa shape index (κ2) is 7.78. The van der Waals surface area contributed by atoms with Crippen molar-refractivity contribution in [2.45, 2.75) is 33.2 Å². The lowest BCUT2D eigenvalue weighted by Crippen LogP contribution is -2.46. The summed E-state index contributed by atoms with van der Waals surface area (Å²) in [5.41, 5.74) is 2.13.